The predicted molar refractivity (Wildman–Crippen MR) is 139 cm³/mol. The van der Waals surface area contributed by atoms with E-state index in [0.717, 1.165) is 0 Å². The molecule has 1 aliphatic rings. The molecule has 1 fully saturated rings. The molecule has 0 saturated carbocycles. The number of ether oxygens (including phenoxy) is 1. The fourth-order valence-electron chi connectivity index (χ4n) is 4.87. The highest BCUT2D eigenvalue weighted by Crippen LogP contribution is 2.27. The first-order chi connectivity index (χ1) is 19.4. The van der Waals surface area contributed by atoms with Gasteiger partial charge >= 0.3 is 18.2 Å². The van der Waals surface area contributed by atoms with E-state index < -0.39 is 23.9 Å². The number of nitrogens with one attached hydrogen (secondary N) is 2. The number of carbonyl (C=O) groups is 2. The fourth-order valence-corrected chi connectivity index (χ4v) is 5.31. The van der Waals surface area contributed by atoms with Crippen LogP contribution in [0.25, 0.3) is 5.52 Å². The first kappa shape index (κ1) is 28.7. The molecule has 2 N–H and O–H groups in total. The van der Waals surface area contributed by atoms with Crippen LogP contribution in [0.1, 0.15) is 34.5 Å². The number of rotatable bonds is 6. The van der Waals surface area contributed by atoms with Gasteiger partial charge in [-0.2, -0.15) is 17.7 Å². The SMILES string of the molecule is O=C(c1cc(Cc2c[nH]c(=O)c3cc(Cl)c(Cl)n23)ccc1F)N1CCC(C[n+]2cc[nH]c2OC(=O)C(F)(F)F)CC1. The van der Waals surface area contributed by atoms with Crippen LogP contribution in [0.3, 0.4) is 0 Å². The summed E-state index contributed by atoms with van der Waals surface area (Å²) >= 11 is 12.4. The number of esters is 1. The Hall–Kier alpha value is -3.84. The Labute approximate surface area is 239 Å². The Balaban J connectivity index is 1.25. The standard InChI is InChI=1S/C26H21Cl2F4N5O4/c27-18-11-20-22(38)34-12-16(37(20)21(18)28)9-15-1-2-19(29)17(10-15)23(39)35-6-3-14(4-7-35)13-36-8-5-33-25(36)41-24(40)26(30,31)32/h1-2,5,8,10-12,14H,3-4,6-7,9,13H2,(H,34,38)/p+1. The largest absolute Gasteiger partial charge is 0.491 e. The van der Waals surface area contributed by atoms with Gasteiger partial charge in [0.15, 0.2) is 0 Å². The Morgan fingerprint density at radius 3 is 2.56 bits per heavy atom. The van der Waals surface area contributed by atoms with Crippen molar-refractivity contribution >= 4 is 40.6 Å². The molecular weight excluding hydrogens is 593 g/mol. The highest BCUT2D eigenvalue weighted by molar-refractivity contribution is 6.42. The van der Waals surface area contributed by atoms with E-state index in [1.807, 2.05) is 0 Å². The van der Waals surface area contributed by atoms with Crippen molar-refractivity contribution in [3.05, 3.63) is 86.0 Å². The van der Waals surface area contributed by atoms with Crippen molar-refractivity contribution in [1.29, 1.82) is 0 Å². The van der Waals surface area contributed by atoms with Crippen molar-refractivity contribution in [3.8, 4) is 6.01 Å². The number of imidazole rings is 1. The van der Waals surface area contributed by atoms with Gasteiger partial charge in [0, 0.05) is 37.3 Å². The Morgan fingerprint density at radius 2 is 1.85 bits per heavy atom. The number of aromatic amines is 2. The second-order valence-electron chi connectivity index (χ2n) is 9.64. The maximum Gasteiger partial charge on any atom is 0.491 e. The number of fused-ring (bicyclic) bond motifs is 1. The summed E-state index contributed by atoms with van der Waals surface area (Å²) in [5.41, 5.74) is 0.935. The van der Waals surface area contributed by atoms with Gasteiger partial charge < -0.3 is 14.6 Å². The van der Waals surface area contributed by atoms with Gasteiger partial charge in [-0.25, -0.2) is 14.2 Å². The first-order valence-electron chi connectivity index (χ1n) is 12.4. The average molecular weight is 615 g/mol. The van der Waals surface area contributed by atoms with Crippen LogP contribution in [-0.2, 0) is 17.8 Å². The predicted octanol–water partition coefficient (Wildman–Crippen LogP) is 4.30. The molecule has 4 heterocycles. The molecule has 0 atom stereocenters. The van der Waals surface area contributed by atoms with Crippen LogP contribution < -0.4 is 14.9 Å². The summed E-state index contributed by atoms with van der Waals surface area (Å²) in [7, 11) is 0. The van der Waals surface area contributed by atoms with Crippen molar-refractivity contribution in [2.45, 2.75) is 32.0 Å². The highest BCUT2D eigenvalue weighted by atomic mass is 35.5. The normalized spacial score (nSPS) is 14.5. The van der Waals surface area contributed by atoms with Gasteiger partial charge in [-0.15, -0.1) is 0 Å². The number of nitrogens with zero attached hydrogens (tertiary/aromatic N) is 3. The van der Waals surface area contributed by atoms with Crippen molar-refractivity contribution in [2.75, 3.05) is 13.1 Å². The van der Waals surface area contributed by atoms with Crippen LogP contribution in [0, 0.1) is 11.7 Å². The number of aromatic nitrogens is 4. The van der Waals surface area contributed by atoms with Crippen LogP contribution in [0.15, 0.2) is 47.7 Å². The number of H-pyrrole nitrogens is 2. The third-order valence-electron chi connectivity index (χ3n) is 6.93. The molecule has 0 unspecified atom stereocenters. The molecule has 0 bridgehead atoms. The van der Waals surface area contributed by atoms with E-state index in [4.69, 9.17) is 23.2 Å². The fraction of sp³-hybridized carbons (Fsp3) is 0.308. The summed E-state index contributed by atoms with van der Waals surface area (Å²) in [6.45, 7) is 0.858. The average Bonchev–Trinajstić information content (AvgIpc) is 3.49. The smallest absolute Gasteiger partial charge is 0.350 e. The molecule has 5 rings (SSSR count). The van der Waals surface area contributed by atoms with E-state index in [9.17, 15) is 31.9 Å². The molecule has 0 radical (unpaired) electrons. The van der Waals surface area contributed by atoms with E-state index in [0.29, 0.717) is 37.2 Å². The summed E-state index contributed by atoms with van der Waals surface area (Å²) in [4.78, 5) is 43.2. The molecule has 15 heteroatoms. The summed E-state index contributed by atoms with van der Waals surface area (Å²) in [5.74, 6) is -3.54. The molecule has 3 aromatic heterocycles. The van der Waals surface area contributed by atoms with E-state index in [2.05, 4.69) is 14.7 Å². The minimum atomic E-state index is -5.13. The Kier molecular flexibility index (Phi) is 7.84. The molecule has 4 aromatic rings. The number of alkyl halides is 3. The Morgan fingerprint density at radius 1 is 1.12 bits per heavy atom. The van der Waals surface area contributed by atoms with Gasteiger partial charge in [-0.3, -0.25) is 14.0 Å². The molecule has 41 heavy (non-hydrogen) atoms. The molecule has 216 valence electrons. The van der Waals surface area contributed by atoms with E-state index in [1.165, 1.54) is 56.7 Å². The van der Waals surface area contributed by atoms with E-state index >= 15 is 0 Å². The zero-order valence-electron chi connectivity index (χ0n) is 21.1. The lowest BCUT2D eigenvalue weighted by Gasteiger charge is -2.31. The number of carbonyl (C=O) groups excluding carboxylic acids is 2. The molecule has 1 aromatic carbocycles. The van der Waals surface area contributed by atoms with E-state index in [1.54, 1.807) is 0 Å². The summed E-state index contributed by atoms with van der Waals surface area (Å²) in [5, 5.41) is 0.365. The third-order valence-corrected chi connectivity index (χ3v) is 7.69. The van der Waals surface area contributed by atoms with Crippen molar-refractivity contribution in [1.82, 2.24) is 19.3 Å². The van der Waals surface area contributed by atoms with Crippen LogP contribution >= 0.6 is 23.2 Å². The molecule has 1 amide bonds. The van der Waals surface area contributed by atoms with Crippen LogP contribution in [0.2, 0.25) is 10.2 Å². The van der Waals surface area contributed by atoms with Gasteiger partial charge in [-0.1, -0.05) is 29.3 Å². The summed E-state index contributed by atoms with van der Waals surface area (Å²) in [6, 6.07) is 5.30. The second-order valence-corrected chi connectivity index (χ2v) is 10.4. The van der Waals surface area contributed by atoms with Gasteiger partial charge in [-0.05, 0) is 36.6 Å². The van der Waals surface area contributed by atoms with Crippen LogP contribution in [0.4, 0.5) is 17.6 Å². The molecule has 1 saturated heterocycles. The number of amides is 1. The van der Waals surface area contributed by atoms with Gasteiger partial charge in [0.1, 0.15) is 28.9 Å². The zero-order valence-corrected chi connectivity index (χ0v) is 22.6. The number of hydrogen-bond donors (Lipinski definition) is 2. The zero-order chi connectivity index (χ0) is 29.5. The van der Waals surface area contributed by atoms with Crippen LogP contribution in [0.5, 0.6) is 6.01 Å². The molecule has 0 spiro atoms. The summed E-state index contributed by atoms with van der Waals surface area (Å²) < 4.78 is 59.7. The molecular formula is C26H22Cl2F4N5O4+. The van der Waals surface area contributed by atoms with Crippen molar-refractivity contribution < 1.29 is 36.5 Å². The quantitative estimate of drug-likeness (QED) is 0.192. The number of piperidine rings is 1. The maximum absolute atomic E-state index is 14.8. The second kappa shape index (κ2) is 11.2. The van der Waals surface area contributed by atoms with E-state index in [-0.39, 0.29) is 51.7 Å². The number of benzene rings is 1. The third kappa shape index (κ3) is 5.96. The number of halogens is 6. The molecule has 0 aliphatic carbocycles. The lowest BCUT2D eigenvalue weighted by Crippen LogP contribution is -2.45. The number of likely N-dealkylation sites (tertiary alicyclic amines) is 1. The monoisotopic (exact) mass is 614 g/mol. The molecule has 9 nitrogen and oxygen atoms in total. The summed E-state index contributed by atoms with van der Waals surface area (Å²) in [6.07, 6.45) is 0.379. The van der Waals surface area contributed by atoms with Crippen molar-refractivity contribution in [3.63, 3.8) is 0 Å². The number of hydrogen-bond acceptors (Lipinski definition) is 4. The molecule has 1 aliphatic heterocycles. The van der Waals surface area contributed by atoms with Gasteiger partial charge in [0.25, 0.3) is 11.5 Å². The minimum Gasteiger partial charge on any atom is -0.350 e. The minimum absolute atomic E-state index is 0.0276. The lowest BCUT2D eigenvalue weighted by molar-refractivity contribution is -0.705. The van der Waals surface area contributed by atoms with Crippen molar-refractivity contribution in [2.24, 2.45) is 5.92 Å². The van der Waals surface area contributed by atoms with Gasteiger partial charge in [0.05, 0.1) is 17.1 Å². The first-order valence-corrected chi connectivity index (χ1v) is 13.2. The van der Waals surface area contributed by atoms with Gasteiger partial charge in [0.2, 0.25) is 0 Å². The highest BCUT2D eigenvalue weighted by Gasteiger charge is 2.43. The van der Waals surface area contributed by atoms with Crippen LogP contribution in [-0.4, -0.2) is 50.4 Å². The topological polar surface area (TPSA) is 104 Å². The lowest BCUT2D eigenvalue weighted by atomic mass is 9.96. The maximum atomic E-state index is 14.8. The Bertz CT molecular complexity index is 1690.